The molecule has 0 aromatic carbocycles. The van der Waals surface area contributed by atoms with Crippen LogP contribution in [0.2, 0.25) is 0 Å². The van der Waals surface area contributed by atoms with Crippen LogP contribution in [0, 0.1) is 0 Å². The van der Waals surface area contributed by atoms with Crippen LogP contribution in [-0.4, -0.2) is 33.2 Å². The molecule has 0 rings (SSSR count). The van der Waals surface area contributed by atoms with Crippen molar-refractivity contribution >= 4 is 9.05 Å². The van der Waals surface area contributed by atoms with Crippen molar-refractivity contribution in [2.75, 3.05) is 13.2 Å². The molecule has 0 aromatic heterocycles. The van der Waals surface area contributed by atoms with Crippen molar-refractivity contribution in [1.82, 2.24) is 0 Å². The maximum atomic E-state index is 10.1. The summed E-state index contributed by atoms with van der Waals surface area (Å²) in [7, 11) is -3.39. The summed E-state index contributed by atoms with van der Waals surface area (Å²) >= 11 is 0. The Kier molecular flexibility index (Phi) is 11.9. The Morgan fingerprint density at radius 3 is 1.95 bits per heavy atom. The summed E-state index contributed by atoms with van der Waals surface area (Å²) in [6, 6.07) is 0. The molecule has 1 N–H and O–H groups in total. The van der Waals surface area contributed by atoms with Gasteiger partial charge in [-0.1, -0.05) is 45.4 Å². The standard InChI is InChI=1S/C14H32O4Si/c1-5-8-9-10-11-12-13-14(4)18-19(15,16-6-2)17-7-3/h14-15H,5-13H2,1-4H3. The molecule has 0 heterocycles. The van der Waals surface area contributed by atoms with Crippen LogP contribution in [0.3, 0.4) is 0 Å². The Morgan fingerprint density at radius 2 is 1.42 bits per heavy atom. The van der Waals surface area contributed by atoms with E-state index in [1.165, 1.54) is 32.1 Å². The monoisotopic (exact) mass is 292 g/mol. The first-order valence-electron chi connectivity index (χ1n) is 7.76. The van der Waals surface area contributed by atoms with Gasteiger partial charge in [-0.3, -0.25) is 0 Å². The number of hydrogen-bond acceptors (Lipinski definition) is 4. The summed E-state index contributed by atoms with van der Waals surface area (Å²) in [5.41, 5.74) is 0. The largest absolute Gasteiger partial charge is 0.677 e. The number of unbranched alkanes of at least 4 members (excludes halogenated alkanes) is 5. The molecule has 0 saturated carbocycles. The lowest BCUT2D eigenvalue weighted by Crippen LogP contribution is -2.48. The van der Waals surface area contributed by atoms with E-state index in [-0.39, 0.29) is 6.10 Å². The van der Waals surface area contributed by atoms with Gasteiger partial charge in [0, 0.05) is 19.3 Å². The van der Waals surface area contributed by atoms with Gasteiger partial charge in [-0.25, -0.2) is 0 Å². The third-order valence-electron chi connectivity index (χ3n) is 2.97. The summed E-state index contributed by atoms with van der Waals surface area (Å²) in [5, 5.41) is 0. The second-order valence-electron chi connectivity index (χ2n) is 4.87. The molecule has 0 fully saturated rings. The fraction of sp³-hybridized carbons (Fsp3) is 1.00. The minimum atomic E-state index is -3.39. The summed E-state index contributed by atoms with van der Waals surface area (Å²) in [6.45, 7) is 8.68. The molecular weight excluding hydrogens is 260 g/mol. The van der Waals surface area contributed by atoms with Crippen LogP contribution in [-0.2, 0) is 13.3 Å². The van der Waals surface area contributed by atoms with Crippen LogP contribution in [0.25, 0.3) is 0 Å². The minimum absolute atomic E-state index is 0.0130. The molecule has 0 aliphatic heterocycles. The van der Waals surface area contributed by atoms with Gasteiger partial charge in [-0.2, -0.15) is 0 Å². The molecule has 0 aliphatic carbocycles. The molecule has 0 aromatic rings. The van der Waals surface area contributed by atoms with Crippen molar-refractivity contribution < 1.29 is 18.1 Å². The third kappa shape index (κ3) is 10.5. The van der Waals surface area contributed by atoms with Crippen LogP contribution in [0.5, 0.6) is 0 Å². The molecule has 0 bridgehead atoms. The SMILES string of the molecule is CCCCCCCCC(C)O[Si](O)(OCC)OCC. The first kappa shape index (κ1) is 19.1. The van der Waals surface area contributed by atoms with Gasteiger partial charge in [0.1, 0.15) is 0 Å². The van der Waals surface area contributed by atoms with Gasteiger partial charge < -0.3 is 18.1 Å². The third-order valence-corrected chi connectivity index (χ3v) is 4.97. The van der Waals surface area contributed by atoms with E-state index in [0.717, 1.165) is 12.8 Å². The van der Waals surface area contributed by atoms with Gasteiger partial charge in [0.05, 0.1) is 0 Å². The van der Waals surface area contributed by atoms with E-state index in [9.17, 15) is 4.80 Å². The highest BCUT2D eigenvalue weighted by molar-refractivity contribution is 6.51. The quantitative estimate of drug-likeness (QED) is 0.416. The molecule has 116 valence electrons. The molecule has 1 atom stereocenters. The first-order valence-corrected chi connectivity index (χ1v) is 9.43. The Morgan fingerprint density at radius 1 is 0.895 bits per heavy atom. The molecule has 19 heavy (non-hydrogen) atoms. The van der Waals surface area contributed by atoms with Gasteiger partial charge in [0.15, 0.2) is 0 Å². The Labute approximate surface area is 119 Å². The highest BCUT2D eigenvalue weighted by Crippen LogP contribution is 2.15. The van der Waals surface area contributed by atoms with Crippen molar-refractivity contribution in [3.05, 3.63) is 0 Å². The Balaban J connectivity index is 3.77. The van der Waals surface area contributed by atoms with Crippen molar-refractivity contribution in [2.24, 2.45) is 0 Å². The topological polar surface area (TPSA) is 47.9 Å². The Hall–Kier alpha value is 0.0569. The highest BCUT2D eigenvalue weighted by Gasteiger charge is 2.42. The van der Waals surface area contributed by atoms with Gasteiger partial charge in [-0.15, -0.1) is 0 Å². The smallest absolute Gasteiger partial charge is 0.367 e. The van der Waals surface area contributed by atoms with Crippen LogP contribution < -0.4 is 0 Å². The van der Waals surface area contributed by atoms with Gasteiger partial charge in [0.2, 0.25) is 0 Å². The van der Waals surface area contributed by atoms with Gasteiger partial charge >= 0.3 is 9.05 Å². The lowest BCUT2D eigenvalue weighted by atomic mass is 10.1. The average molecular weight is 292 g/mol. The second-order valence-corrected chi connectivity index (χ2v) is 6.74. The maximum absolute atomic E-state index is 10.1. The lowest BCUT2D eigenvalue weighted by Gasteiger charge is -2.25. The molecule has 1 unspecified atom stereocenters. The van der Waals surface area contributed by atoms with E-state index in [1.54, 1.807) is 0 Å². The van der Waals surface area contributed by atoms with Crippen LogP contribution in [0.4, 0.5) is 0 Å². The lowest BCUT2D eigenvalue weighted by molar-refractivity contribution is -0.0260. The van der Waals surface area contributed by atoms with Crippen molar-refractivity contribution in [3.63, 3.8) is 0 Å². The highest BCUT2D eigenvalue weighted by atomic mass is 28.4. The Bertz CT molecular complexity index is 196. The molecular formula is C14H32O4Si. The van der Waals surface area contributed by atoms with E-state index in [1.807, 2.05) is 20.8 Å². The maximum Gasteiger partial charge on any atom is 0.677 e. The fourth-order valence-electron chi connectivity index (χ4n) is 2.00. The van der Waals surface area contributed by atoms with Crippen LogP contribution in [0.15, 0.2) is 0 Å². The normalized spacial score (nSPS) is 13.7. The summed E-state index contributed by atoms with van der Waals surface area (Å²) < 4.78 is 16.1. The minimum Gasteiger partial charge on any atom is -0.367 e. The van der Waals surface area contributed by atoms with E-state index in [0.29, 0.717) is 13.2 Å². The molecule has 0 aliphatic rings. The van der Waals surface area contributed by atoms with E-state index in [2.05, 4.69) is 6.92 Å². The number of rotatable bonds is 13. The van der Waals surface area contributed by atoms with Crippen molar-refractivity contribution in [2.45, 2.75) is 78.7 Å². The van der Waals surface area contributed by atoms with Crippen molar-refractivity contribution in [3.8, 4) is 0 Å². The zero-order valence-corrected chi connectivity index (χ0v) is 14.1. The molecule has 0 radical (unpaired) electrons. The first-order chi connectivity index (χ1) is 9.08. The van der Waals surface area contributed by atoms with Crippen LogP contribution >= 0.6 is 0 Å². The summed E-state index contributed by atoms with van der Waals surface area (Å²) in [4.78, 5) is 10.1. The van der Waals surface area contributed by atoms with Crippen molar-refractivity contribution in [1.29, 1.82) is 0 Å². The molecule has 5 heteroatoms. The van der Waals surface area contributed by atoms with Crippen LogP contribution in [0.1, 0.15) is 72.6 Å². The predicted molar refractivity (Wildman–Crippen MR) is 79.8 cm³/mol. The predicted octanol–water partition coefficient (Wildman–Crippen LogP) is 3.64. The summed E-state index contributed by atoms with van der Waals surface area (Å²) in [5.74, 6) is 0. The van der Waals surface area contributed by atoms with E-state index >= 15 is 0 Å². The summed E-state index contributed by atoms with van der Waals surface area (Å²) in [6.07, 6.45) is 8.52. The number of hydrogen-bond donors (Lipinski definition) is 1. The van der Waals surface area contributed by atoms with E-state index in [4.69, 9.17) is 13.3 Å². The molecule has 0 saturated heterocycles. The average Bonchev–Trinajstić information content (AvgIpc) is 2.33. The zero-order chi connectivity index (χ0) is 14.6. The molecule has 0 spiro atoms. The zero-order valence-electron chi connectivity index (χ0n) is 13.1. The van der Waals surface area contributed by atoms with Gasteiger partial charge in [0.25, 0.3) is 0 Å². The second kappa shape index (κ2) is 11.8. The van der Waals surface area contributed by atoms with E-state index < -0.39 is 9.05 Å². The molecule has 0 amide bonds. The fourth-order valence-corrected chi connectivity index (χ4v) is 3.58. The molecule has 4 nitrogen and oxygen atoms in total. The van der Waals surface area contributed by atoms with Gasteiger partial charge in [-0.05, 0) is 27.2 Å².